The molecule has 0 unspecified atom stereocenters. The van der Waals surface area contributed by atoms with Crippen LogP contribution in [-0.2, 0) is 11.8 Å². The van der Waals surface area contributed by atoms with Crippen molar-refractivity contribution in [3.63, 3.8) is 0 Å². The fourth-order valence-electron chi connectivity index (χ4n) is 10.2. The molecule has 0 saturated carbocycles. The van der Waals surface area contributed by atoms with Gasteiger partial charge in [-0.25, -0.2) is 15.0 Å². The molecule has 2 aliphatic rings. The fourth-order valence-corrected chi connectivity index (χ4v) is 10.2. The molecule has 12 rings (SSSR count). The van der Waals surface area contributed by atoms with Gasteiger partial charge in [-0.1, -0.05) is 202 Å². The number of aromatic nitrogens is 3. The van der Waals surface area contributed by atoms with Crippen molar-refractivity contribution in [2.45, 2.75) is 25.7 Å². The lowest BCUT2D eigenvalue weighted by atomic mass is 9.82. The lowest BCUT2D eigenvalue weighted by Crippen LogP contribution is -2.15. The third-order valence-corrected chi connectivity index (χ3v) is 13.4. The third kappa shape index (κ3) is 6.39. The van der Waals surface area contributed by atoms with E-state index in [-0.39, 0.29) is 5.41 Å². The Kier molecular flexibility index (Phi) is 8.91. The molecule has 0 atom stereocenters. The van der Waals surface area contributed by atoms with Gasteiger partial charge in [0.15, 0.2) is 17.5 Å². The molecule has 0 spiro atoms. The quantitative estimate of drug-likeness (QED) is 0.161. The van der Waals surface area contributed by atoms with Crippen molar-refractivity contribution in [2.24, 2.45) is 0 Å². The molecule has 1 heterocycles. The lowest BCUT2D eigenvalue weighted by Gasteiger charge is -2.21. The van der Waals surface area contributed by atoms with E-state index in [1.54, 1.807) is 0 Å². The van der Waals surface area contributed by atoms with Crippen molar-refractivity contribution in [2.75, 3.05) is 0 Å². The maximum absolute atomic E-state index is 5.34. The molecule has 0 aliphatic heterocycles. The average Bonchev–Trinajstić information content (AvgIpc) is 3.86. The summed E-state index contributed by atoms with van der Waals surface area (Å²) >= 11 is 0. The smallest absolute Gasteiger partial charge is 0.164 e. The molecule has 64 heavy (non-hydrogen) atoms. The van der Waals surface area contributed by atoms with Crippen LogP contribution in [0.3, 0.4) is 0 Å². The molecule has 9 aromatic carbocycles. The minimum absolute atomic E-state index is 0.150. The molecule has 3 heteroatoms. The van der Waals surface area contributed by atoms with E-state index in [2.05, 4.69) is 208 Å². The SMILES string of the molecule is CC1(C)c2ccccc2-c2ccc(-c3nc(-c4ccccc4)nc(-c4cc(-c5ccccc5)cc(-c5cccc6c5Cc5c(-c7ccc(-c8ccccc8)cc7)cccc5-6)c4)n3)cc21. The predicted molar refractivity (Wildman–Crippen MR) is 264 cm³/mol. The van der Waals surface area contributed by atoms with Gasteiger partial charge in [0.1, 0.15) is 0 Å². The molecule has 3 nitrogen and oxygen atoms in total. The first-order valence-corrected chi connectivity index (χ1v) is 22.1. The molecule has 0 N–H and O–H groups in total. The van der Waals surface area contributed by atoms with Gasteiger partial charge < -0.3 is 0 Å². The minimum Gasteiger partial charge on any atom is -0.208 e. The second-order valence-corrected chi connectivity index (χ2v) is 17.6. The van der Waals surface area contributed by atoms with Crippen molar-refractivity contribution in [1.29, 1.82) is 0 Å². The zero-order valence-electron chi connectivity index (χ0n) is 35.8. The Labute approximate surface area is 374 Å². The molecule has 302 valence electrons. The maximum atomic E-state index is 5.34. The first-order valence-electron chi connectivity index (χ1n) is 22.1. The molecule has 1 aromatic heterocycles. The van der Waals surface area contributed by atoms with Crippen LogP contribution in [-0.4, -0.2) is 15.0 Å². The molecule has 0 bridgehead atoms. The van der Waals surface area contributed by atoms with E-state index in [1.165, 1.54) is 72.3 Å². The summed E-state index contributed by atoms with van der Waals surface area (Å²) < 4.78 is 0. The van der Waals surface area contributed by atoms with E-state index < -0.39 is 0 Å². The molecular formula is C61H43N3. The topological polar surface area (TPSA) is 38.7 Å². The molecular weight excluding hydrogens is 775 g/mol. The number of hydrogen-bond donors (Lipinski definition) is 0. The van der Waals surface area contributed by atoms with Gasteiger partial charge in [0.2, 0.25) is 0 Å². The van der Waals surface area contributed by atoms with Crippen molar-refractivity contribution >= 4 is 0 Å². The van der Waals surface area contributed by atoms with E-state index in [0.717, 1.165) is 39.8 Å². The third-order valence-electron chi connectivity index (χ3n) is 13.4. The first-order chi connectivity index (χ1) is 31.5. The van der Waals surface area contributed by atoms with Crippen LogP contribution in [0.5, 0.6) is 0 Å². The summed E-state index contributed by atoms with van der Waals surface area (Å²) in [7, 11) is 0. The van der Waals surface area contributed by atoms with Gasteiger partial charge in [-0.3, -0.25) is 0 Å². The molecule has 0 amide bonds. The Morgan fingerprint density at radius 2 is 0.703 bits per heavy atom. The molecule has 0 fully saturated rings. The molecule has 0 radical (unpaired) electrons. The van der Waals surface area contributed by atoms with Crippen molar-refractivity contribution in [3.8, 4) is 101 Å². The van der Waals surface area contributed by atoms with Crippen LogP contribution in [0, 0.1) is 0 Å². The zero-order chi connectivity index (χ0) is 42.8. The highest BCUT2D eigenvalue weighted by Gasteiger charge is 2.35. The molecule has 10 aromatic rings. The average molecular weight is 818 g/mol. The highest BCUT2D eigenvalue weighted by atomic mass is 15.0. The van der Waals surface area contributed by atoms with Crippen LogP contribution in [0.2, 0.25) is 0 Å². The minimum atomic E-state index is -0.150. The largest absolute Gasteiger partial charge is 0.208 e. The van der Waals surface area contributed by atoms with Gasteiger partial charge in [0.05, 0.1) is 0 Å². The van der Waals surface area contributed by atoms with E-state index in [9.17, 15) is 0 Å². The highest BCUT2D eigenvalue weighted by Crippen LogP contribution is 2.50. The first kappa shape index (κ1) is 37.7. The van der Waals surface area contributed by atoms with E-state index in [1.807, 2.05) is 18.2 Å². The van der Waals surface area contributed by atoms with Crippen LogP contribution in [0.15, 0.2) is 212 Å². The van der Waals surface area contributed by atoms with Gasteiger partial charge in [0, 0.05) is 22.1 Å². The Hall–Kier alpha value is -8.01. The summed E-state index contributed by atoms with van der Waals surface area (Å²) in [5.41, 5.74) is 22.8. The standard InChI is InChI=1S/C61H43N3/c1-61(2)56-27-13-12-22-52(56)53-33-32-44(37-57(53)61)59-62-58(43-20-10-5-11-21-43)63-60(64-59)47-35-45(40-18-8-4-9-19-40)34-46(36-47)49-24-15-26-51-50-25-14-23-48(54(50)38-55(49)51)42-30-28-41(29-31-42)39-16-6-3-7-17-39/h3-37H,38H2,1-2H3. The predicted octanol–water partition coefficient (Wildman–Crippen LogP) is 15.4. The Bertz CT molecular complexity index is 3410. The molecule has 0 saturated heterocycles. The van der Waals surface area contributed by atoms with Gasteiger partial charge in [-0.05, 0) is 120 Å². The summed E-state index contributed by atoms with van der Waals surface area (Å²) in [6.45, 7) is 4.63. The zero-order valence-corrected chi connectivity index (χ0v) is 35.8. The van der Waals surface area contributed by atoms with E-state index in [4.69, 9.17) is 15.0 Å². The van der Waals surface area contributed by atoms with Crippen LogP contribution in [0.4, 0.5) is 0 Å². The Morgan fingerprint density at radius 1 is 0.281 bits per heavy atom. The number of nitrogens with zero attached hydrogens (tertiary/aromatic N) is 3. The Balaban J connectivity index is 0.989. The fraction of sp³-hybridized carbons (Fsp3) is 0.0656. The van der Waals surface area contributed by atoms with Crippen molar-refractivity contribution in [1.82, 2.24) is 15.0 Å². The second-order valence-electron chi connectivity index (χ2n) is 17.6. The monoisotopic (exact) mass is 817 g/mol. The van der Waals surface area contributed by atoms with E-state index >= 15 is 0 Å². The van der Waals surface area contributed by atoms with Crippen LogP contribution >= 0.6 is 0 Å². The van der Waals surface area contributed by atoms with Gasteiger partial charge >= 0.3 is 0 Å². The van der Waals surface area contributed by atoms with Crippen LogP contribution in [0.1, 0.15) is 36.1 Å². The lowest BCUT2D eigenvalue weighted by molar-refractivity contribution is 0.660. The van der Waals surface area contributed by atoms with Gasteiger partial charge in [0.25, 0.3) is 0 Å². The summed E-state index contributed by atoms with van der Waals surface area (Å²) in [6.07, 6.45) is 0.842. The summed E-state index contributed by atoms with van der Waals surface area (Å²) in [5.74, 6) is 1.95. The van der Waals surface area contributed by atoms with Crippen molar-refractivity contribution < 1.29 is 0 Å². The van der Waals surface area contributed by atoms with Gasteiger partial charge in [-0.2, -0.15) is 0 Å². The second kappa shape index (κ2) is 15.1. The van der Waals surface area contributed by atoms with Crippen molar-refractivity contribution in [3.05, 3.63) is 235 Å². The number of hydrogen-bond acceptors (Lipinski definition) is 3. The number of benzene rings is 9. The summed E-state index contributed by atoms with van der Waals surface area (Å²) in [6, 6.07) is 76.4. The Morgan fingerprint density at radius 3 is 1.36 bits per heavy atom. The van der Waals surface area contributed by atoms with Crippen LogP contribution in [0.25, 0.3) is 101 Å². The van der Waals surface area contributed by atoms with E-state index in [0.29, 0.717) is 17.5 Å². The molecule has 2 aliphatic carbocycles. The summed E-state index contributed by atoms with van der Waals surface area (Å²) in [4.78, 5) is 15.8. The summed E-state index contributed by atoms with van der Waals surface area (Å²) in [5, 5.41) is 0. The maximum Gasteiger partial charge on any atom is 0.164 e. The number of fused-ring (bicyclic) bond motifs is 6. The van der Waals surface area contributed by atoms with Gasteiger partial charge in [-0.15, -0.1) is 0 Å². The normalized spacial score (nSPS) is 12.9. The highest BCUT2D eigenvalue weighted by molar-refractivity contribution is 5.91. The number of rotatable bonds is 7. The van der Waals surface area contributed by atoms with Crippen LogP contribution < -0.4 is 0 Å².